The zero-order valence-corrected chi connectivity index (χ0v) is 21.9. The first-order valence-corrected chi connectivity index (χ1v) is 13.9. The minimum absolute atomic E-state index is 0.0270. The fourth-order valence-electron chi connectivity index (χ4n) is 3.89. The summed E-state index contributed by atoms with van der Waals surface area (Å²) in [5.74, 6) is 0.156. The Hall–Kier alpha value is -3.86. The number of sulfonamides is 1. The van der Waals surface area contributed by atoms with Crippen LogP contribution in [0.1, 0.15) is 35.7 Å². The SMILES string of the molecule is CC(CO)CCCNc1nc2ccccc2cc1S(=O)(=O)NCc1cccc(NC(=O)c2cccnc2)c1. The predicted molar refractivity (Wildman–Crippen MR) is 148 cm³/mol. The summed E-state index contributed by atoms with van der Waals surface area (Å²) in [6.07, 6.45) is 4.64. The second kappa shape index (κ2) is 12.6. The van der Waals surface area contributed by atoms with Crippen molar-refractivity contribution in [2.24, 2.45) is 5.92 Å². The molecule has 198 valence electrons. The van der Waals surface area contributed by atoms with Gasteiger partial charge in [-0.2, -0.15) is 0 Å². The van der Waals surface area contributed by atoms with Gasteiger partial charge >= 0.3 is 0 Å². The van der Waals surface area contributed by atoms with Gasteiger partial charge in [-0.3, -0.25) is 9.78 Å². The van der Waals surface area contributed by atoms with E-state index in [1.165, 1.54) is 6.20 Å². The quantitative estimate of drug-likeness (QED) is 0.201. The smallest absolute Gasteiger partial charge is 0.257 e. The molecule has 4 aromatic rings. The number of nitrogens with zero attached hydrogens (tertiary/aromatic N) is 2. The minimum Gasteiger partial charge on any atom is -0.396 e. The summed E-state index contributed by atoms with van der Waals surface area (Å²) in [4.78, 5) is 21.0. The van der Waals surface area contributed by atoms with Gasteiger partial charge in [-0.1, -0.05) is 37.3 Å². The van der Waals surface area contributed by atoms with E-state index in [-0.39, 0.29) is 35.7 Å². The summed E-state index contributed by atoms with van der Waals surface area (Å²) in [6, 6.07) is 19.3. The number of benzene rings is 2. The van der Waals surface area contributed by atoms with Gasteiger partial charge in [0, 0.05) is 43.2 Å². The molecule has 4 rings (SSSR count). The first kappa shape index (κ1) is 27.2. The number of hydrogen-bond donors (Lipinski definition) is 4. The van der Waals surface area contributed by atoms with Crippen LogP contribution in [0.3, 0.4) is 0 Å². The number of fused-ring (bicyclic) bond motifs is 1. The highest BCUT2D eigenvalue weighted by atomic mass is 32.2. The van der Waals surface area contributed by atoms with E-state index in [1.54, 1.807) is 48.7 Å². The molecule has 2 heterocycles. The number of amides is 1. The van der Waals surface area contributed by atoms with Crippen LogP contribution in [0.5, 0.6) is 0 Å². The molecule has 0 aliphatic heterocycles. The van der Waals surface area contributed by atoms with E-state index < -0.39 is 10.0 Å². The van der Waals surface area contributed by atoms with Crippen LogP contribution in [0.4, 0.5) is 11.5 Å². The summed E-state index contributed by atoms with van der Waals surface area (Å²) < 4.78 is 29.5. The van der Waals surface area contributed by atoms with Crippen LogP contribution in [-0.4, -0.2) is 42.6 Å². The van der Waals surface area contributed by atoms with Gasteiger partial charge in [0.25, 0.3) is 5.91 Å². The average Bonchev–Trinajstić information content (AvgIpc) is 2.94. The van der Waals surface area contributed by atoms with Crippen molar-refractivity contribution in [1.82, 2.24) is 14.7 Å². The number of anilines is 2. The highest BCUT2D eigenvalue weighted by Crippen LogP contribution is 2.25. The van der Waals surface area contributed by atoms with Crippen molar-refractivity contribution in [3.05, 3.63) is 90.3 Å². The van der Waals surface area contributed by atoms with E-state index in [1.807, 2.05) is 31.2 Å². The Labute approximate surface area is 222 Å². The third-order valence-corrected chi connectivity index (χ3v) is 7.45. The highest BCUT2D eigenvalue weighted by molar-refractivity contribution is 7.89. The third-order valence-electron chi connectivity index (χ3n) is 6.03. The number of aromatic nitrogens is 2. The Balaban J connectivity index is 1.49. The molecule has 0 radical (unpaired) electrons. The topological polar surface area (TPSA) is 133 Å². The summed E-state index contributed by atoms with van der Waals surface area (Å²) in [5.41, 5.74) is 2.34. The number of hydrogen-bond acceptors (Lipinski definition) is 7. The maximum Gasteiger partial charge on any atom is 0.257 e. The number of pyridine rings is 2. The molecule has 38 heavy (non-hydrogen) atoms. The van der Waals surface area contributed by atoms with E-state index in [4.69, 9.17) is 0 Å². The lowest BCUT2D eigenvalue weighted by atomic mass is 10.1. The van der Waals surface area contributed by atoms with E-state index >= 15 is 0 Å². The van der Waals surface area contributed by atoms with Crippen LogP contribution in [0.2, 0.25) is 0 Å². The second-order valence-corrected chi connectivity index (χ2v) is 10.8. The first-order valence-electron chi connectivity index (χ1n) is 12.4. The van der Waals surface area contributed by atoms with Crippen LogP contribution in [0.15, 0.2) is 84.0 Å². The number of aliphatic hydroxyl groups excluding tert-OH is 1. The number of rotatable bonds is 12. The summed E-state index contributed by atoms with van der Waals surface area (Å²) in [6.45, 7) is 2.63. The molecule has 0 saturated carbocycles. The van der Waals surface area contributed by atoms with Crippen molar-refractivity contribution in [2.75, 3.05) is 23.8 Å². The number of para-hydroxylation sites is 1. The zero-order chi connectivity index (χ0) is 27.0. The third kappa shape index (κ3) is 7.12. The monoisotopic (exact) mass is 533 g/mol. The van der Waals surface area contributed by atoms with Crippen molar-refractivity contribution in [1.29, 1.82) is 0 Å². The van der Waals surface area contributed by atoms with E-state index in [9.17, 15) is 18.3 Å². The first-order chi connectivity index (χ1) is 18.4. The summed E-state index contributed by atoms with van der Waals surface area (Å²) in [5, 5.41) is 15.9. The number of aliphatic hydroxyl groups is 1. The lowest BCUT2D eigenvalue weighted by Gasteiger charge is -2.15. The molecule has 0 aliphatic rings. The van der Waals surface area contributed by atoms with Gasteiger partial charge in [-0.05, 0) is 60.7 Å². The van der Waals surface area contributed by atoms with Gasteiger partial charge in [0.1, 0.15) is 10.7 Å². The van der Waals surface area contributed by atoms with Crippen LogP contribution in [-0.2, 0) is 16.6 Å². The second-order valence-electron chi connectivity index (χ2n) is 9.11. The zero-order valence-electron chi connectivity index (χ0n) is 21.1. The molecular weight excluding hydrogens is 502 g/mol. The lowest BCUT2D eigenvalue weighted by molar-refractivity contribution is 0.102. The highest BCUT2D eigenvalue weighted by Gasteiger charge is 2.21. The van der Waals surface area contributed by atoms with Gasteiger partial charge in [0.15, 0.2) is 0 Å². The Bertz CT molecular complexity index is 1500. The molecule has 0 fully saturated rings. The van der Waals surface area contributed by atoms with Crippen molar-refractivity contribution < 1.29 is 18.3 Å². The van der Waals surface area contributed by atoms with Crippen LogP contribution in [0, 0.1) is 5.92 Å². The normalized spacial score (nSPS) is 12.3. The largest absolute Gasteiger partial charge is 0.396 e. The van der Waals surface area contributed by atoms with E-state index in [0.29, 0.717) is 34.3 Å². The molecule has 1 atom stereocenters. The number of carbonyl (C=O) groups excluding carboxylic acids is 1. The fourth-order valence-corrected chi connectivity index (χ4v) is 5.06. The Morgan fingerprint density at radius 1 is 1.05 bits per heavy atom. The molecule has 4 N–H and O–H groups in total. The molecule has 0 saturated heterocycles. The number of nitrogens with one attached hydrogen (secondary N) is 3. The van der Waals surface area contributed by atoms with Gasteiger partial charge < -0.3 is 15.7 Å². The lowest BCUT2D eigenvalue weighted by Crippen LogP contribution is -2.25. The Morgan fingerprint density at radius 3 is 2.68 bits per heavy atom. The average molecular weight is 534 g/mol. The Morgan fingerprint density at radius 2 is 1.89 bits per heavy atom. The maximum absolute atomic E-state index is 13.4. The van der Waals surface area contributed by atoms with Crippen LogP contribution in [0.25, 0.3) is 10.9 Å². The molecule has 10 heteroatoms. The van der Waals surface area contributed by atoms with Crippen LogP contribution < -0.4 is 15.4 Å². The van der Waals surface area contributed by atoms with Crippen LogP contribution >= 0.6 is 0 Å². The Kier molecular flexibility index (Phi) is 9.01. The molecule has 0 aliphatic carbocycles. The molecule has 0 spiro atoms. The molecule has 1 amide bonds. The van der Waals surface area contributed by atoms with E-state index in [2.05, 4.69) is 25.3 Å². The molecule has 2 aromatic heterocycles. The minimum atomic E-state index is -3.93. The van der Waals surface area contributed by atoms with Crippen molar-refractivity contribution in [2.45, 2.75) is 31.2 Å². The molecule has 1 unspecified atom stereocenters. The van der Waals surface area contributed by atoms with Crippen molar-refractivity contribution in [3.63, 3.8) is 0 Å². The van der Waals surface area contributed by atoms with Crippen molar-refractivity contribution in [3.8, 4) is 0 Å². The predicted octanol–water partition coefficient (Wildman–Crippen LogP) is 4.18. The summed E-state index contributed by atoms with van der Waals surface area (Å²) >= 11 is 0. The van der Waals surface area contributed by atoms with Gasteiger partial charge in [0.2, 0.25) is 10.0 Å². The van der Waals surface area contributed by atoms with Gasteiger partial charge in [0.05, 0.1) is 11.1 Å². The molecule has 2 aromatic carbocycles. The number of carbonyl (C=O) groups is 1. The molecule has 0 bridgehead atoms. The molecular formula is C28H31N5O4S. The van der Waals surface area contributed by atoms with E-state index in [0.717, 1.165) is 12.8 Å². The van der Waals surface area contributed by atoms with Gasteiger partial charge in [-0.15, -0.1) is 0 Å². The fraction of sp³-hybridized carbons (Fsp3) is 0.250. The maximum atomic E-state index is 13.4. The van der Waals surface area contributed by atoms with Crippen molar-refractivity contribution >= 4 is 38.3 Å². The van der Waals surface area contributed by atoms with Gasteiger partial charge in [-0.25, -0.2) is 18.1 Å². The standard InChI is InChI=1S/C28H31N5O4S/c1-20(19-34)7-5-14-30-27-26(16-22-9-2-3-12-25(22)33-27)38(36,37)31-17-21-8-4-11-24(15-21)32-28(35)23-10-6-13-29-18-23/h2-4,6,8-13,15-16,18,20,31,34H,5,7,14,17,19H2,1H3,(H,30,33)(H,32,35). The molecule has 9 nitrogen and oxygen atoms in total. The summed E-state index contributed by atoms with van der Waals surface area (Å²) in [7, 11) is -3.93.